The number of anilines is 1. The van der Waals surface area contributed by atoms with Gasteiger partial charge in [-0.25, -0.2) is 0 Å². The number of amides is 1. The normalized spacial score (nSPS) is 17.5. The van der Waals surface area contributed by atoms with E-state index in [0.717, 1.165) is 23.3 Å². The fourth-order valence-electron chi connectivity index (χ4n) is 3.43. The first kappa shape index (κ1) is 19.9. The Hall–Kier alpha value is -2.82. The molecule has 5 heteroatoms. The number of H-pyrrole nitrogens is 1. The van der Waals surface area contributed by atoms with Gasteiger partial charge in [0.05, 0.1) is 0 Å². The standard InChI is InChI=1S/C23H29N3O2/c1-23(2,3)16-8-6-15(7-9-16)18(14-17-10-13-21(27)24-17)19-11-12-20(26(4)5)22(28)25-19/h6-9,11-12,14,17H,10,13H2,1-5H3,(H,24,27)(H,25,28)/t17-/m1/s1. The maximum Gasteiger partial charge on any atom is 0.271 e. The summed E-state index contributed by atoms with van der Waals surface area (Å²) in [6.45, 7) is 6.55. The zero-order valence-corrected chi connectivity index (χ0v) is 17.3. The lowest BCUT2D eigenvalue weighted by Crippen LogP contribution is -2.24. The van der Waals surface area contributed by atoms with Crippen molar-refractivity contribution in [2.24, 2.45) is 0 Å². The minimum atomic E-state index is -0.129. The largest absolute Gasteiger partial charge is 0.373 e. The van der Waals surface area contributed by atoms with Crippen LogP contribution in [0.1, 0.15) is 50.4 Å². The van der Waals surface area contributed by atoms with Crippen molar-refractivity contribution >= 4 is 17.2 Å². The van der Waals surface area contributed by atoms with Crippen molar-refractivity contribution in [2.45, 2.75) is 45.1 Å². The van der Waals surface area contributed by atoms with Crippen molar-refractivity contribution in [2.75, 3.05) is 19.0 Å². The molecule has 5 nitrogen and oxygen atoms in total. The summed E-state index contributed by atoms with van der Waals surface area (Å²) in [6.07, 6.45) is 3.35. The predicted molar refractivity (Wildman–Crippen MR) is 115 cm³/mol. The van der Waals surface area contributed by atoms with Gasteiger partial charge in [-0.1, -0.05) is 51.1 Å². The van der Waals surface area contributed by atoms with Crippen LogP contribution in [0.3, 0.4) is 0 Å². The summed E-state index contributed by atoms with van der Waals surface area (Å²) in [7, 11) is 3.69. The molecule has 0 radical (unpaired) electrons. The van der Waals surface area contributed by atoms with Crippen molar-refractivity contribution in [3.05, 3.63) is 69.6 Å². The van der Waals surface area contributed by atoms with E-state index in [9.17, 15) is 9.59 Å². The van der Waals surface area contributed by atoms with E-state index >= 15 is 0 Å². The van der Waals surface area contributed by atoms with Gasteiger partial charge in [0, 0.05) is 37.8 Å². The molecule has 1 aliphatic rings. The molecule has 1 aromatic heterocycles. The number of aromatic nitrogens is 1. The summed E-state index contributed by atoms with van der Waals surface area (Å²) in [5.41, 5.74) is 4.50. The fraction of sp³-hybridized carbons (Fsp3) is 0.391. The van der Waals surface area contributed by atoms with Gasteiger partial charge in [-0.05, 0) is 35.1 Å². The average Bonchev–Trinajstić information content (AvgIpc) is 3.03. The van der Waals surface area contributed by atoms with E-state index in [0.29, 0.717) is 12.1 Å². The van der Waals surface area contributed by atoms with Crippen LogP contribution in [0.2, 0.25) is 0 Å². The first-order chi connectivity index (χ1) is 13.1. The van der Waals surface area contributed by atoms with Crippen LogP contribution in [0.5, 0.6) is 0 Å². The molecule has 1 aromatic carbocycles. The van der Waals surface area contributed by atoms with E-state index in [1.54, 1.807) is 4.90 Å². The maximum absolute atomic E-state index is 12.5. The number of benzene rings is 1. The molecule has 3 rings (SSSR count). The number of nitrogens with one attached hydrogen (secondary N) is 2. The highest BCUT2D eigenvalue weighted by Crippen LogP contribution is 2.28. The monoisotopic (exact) mass is 379 g/mol. The number of hydrogen-bond acceptors (Lipinski definition) is 3. The van der Waals surface area contributed by atoms with Gasteiger partial charge in [0.1, 0.15) is 5.69 Å². The summed E-state index contributed by atoms with van der Waals surface area (Å²) in [5.74, 6) is 0.0696. The third kappa shape index (κ3) is 4.35. The minimum absolute atomic E-state index is 0.0261. The molecule has 2 heterocycles. The molecule has 148 valence electrons. The van der Waals surface area contributed by atoms with Crippen LogP contribution in [0.25, 0.3) is 5.57 Å². The molecular weight excluding hydrogens is 350 g/mol. The fourth-order valence-corrected chi connectivity index (χ4v) is 3.43. The Morgan fingerprint density at radius 2 is 1.75 bits per heavy atom. The summed E-state index contributed by atoms with van der Waals surface area (Å²) >= 11 is 0. The Kier molecular flexibility index (Phi) is 5.45. The quantitative estimate of drug-likeness (QED) is 0.855. The molecule has 1 saturated heterocycles. The predicted octanol–water partition coefficient (Wildman–Crippen LogP) is 3.45. The van der Waals surface area contributed by atoms with Gasteiger partial charge in [-0.2, -0.15) is 0 Å². The molecule has 0 bridgehead atoms. The lowest BCUT2D eigenvalue weighted by Gasteiger charge is -2.20. The molecule has 2 aromatic rings. The maximum atomic E-state index is 12.5. The SMILES string of the molecule is CN(C)c1ccc(C(=C[C@H]2CCC(=O)N2)c2ccc(C(C)(C)C)cc2)[nH]c1=O. The number of hydrogen-bond donors (Lipinski definition) is 2. The third-order valence-corrected chi connectivity index (χ3v) is 5.12. The van der Waals surface area contributed by atoms with E-state index in [1.165, 1.54) is 5.56 Å². The molecule has 0 spiro atoms. The van der Waals surface area contributed by atoms with Crippen LogP contribution >= 0.6 is 0 Å². The summed E-state index contributed by atoms with van der Waals surface area (Å²) in [6, 6.07) is 12.2. The summed E-state index contributed by atoms with van der Waals surface area (Å²) in [5, 5.41) is 2.99. The Balaban J connectivity index is 2.06. The van der Waals surface area contributed by atoms with Crippen molar-refractivity contribution in [3.63, 3.8) is 0 Å². The van der Waals surface area contributed by atoms with Crippen LogP contribution in [0.4, 0.5) is 5.69 Å². The number of carbonyl (C=O) groups excluding carboxylic acids is 1. The average molecular weight is 380 g/mol. The molecule has 1 fully saturated rings. The second-order valence-electron chi connectivity index (χ2n) is 8.60. The minimum Gasteiger partial charge on any atom is -0.373 e. The zero-order chi connectivity index (χ0) is 20.5. The van der Waals surface area contributed by atoms with Gasteiger partial charge < -0.3 is 15.2 Å². The van der Waals surface area contributed by atoms with E-state index in [2.05, 4.69) is 61.4 Å². The molecule has 0 unspecified atom stereocenters. The molecule has 1 amide bonds. The third-order valence-electron chi connectivity index (χ3n) is 5.12. The van der Waals surface area contributed by atoms with Gasteiger partial charge in [-0.3, -0.25) is 9.59 Å². The van der Waals surface area contributed by atoms with Gasteiger partial charge in [0.2, 0.25) is 5.91 Å². The number of pyridine rings is 1. The van der Waals surface area contributed by atoms with Crippen molar-refractivity contribution in [1.82, 2.24) is 10.3 Å². The van der Waals surface area contributed by atoms with E-state index < -0.39 is 0 Å². The van der Waals surface area contributed by atoms with Crippen molar-refractivity contribution < 1.29 is 4.79 Å². The number of carbonyl (C=O) groups is 1. The first-order valence-corrected chi connectivity index (χ1v) is 9.68. The van der Waals surface area contributed by atoms with Crippen molar-refractivity contribution in [1.29, 1.82) is 0 Å². The number of nitrogens with zero attached hydrogens (tertiary/aromatic N) is 1. The highest BCUT2D eigenvalue weighted by molar-refractivity contribution is 5.82. The molecule has 0 aliphatic carbocycles. The van der Waals surface area contributed by atoms with Gasteiger partial charge in [0.25, 0.3) is 5.56 Å². The summed E-state index contributed by atoms with van der Waals surface area (Å²) in [4.78, 5) is 28.9. The molecule has 1 atom stereocenters. The number of rotatable bonds is 4. The Bertz CT molecular complexity index is 947. The lowest BCUT2D eigenvalue weighted by atomic mass is 9.86. The second-order valence-corrected chi connectivity index (χ2v) is 8.60. The van der Waals surface area contributed by atoms with E-state index in [-0.39, 0.29) is 22.9 Å². The highest BCUT2D eigenvalue weighted by atomic mass is 16.2. The van der Waals surface area contributed by atoms with Crippen molar-refractivity contribution in [3.8, 4) is 0 Å². The van der Waals surface area contributed by atoms with E-state index in [4.69, 9.17) is 0 Å². The molecule has 1 aliphatic heterocycles. The zero-order valence-electron chi connectivity index (χ0n) is 17.3. The Morgan fingerprint density at radius 3 is 2.25 bits per heavy atom. The highest BCUT2D eigenvalue weighted by Gasteiger charge is 2.21. The smallest absolute Gasteiger partial charge is 0.271 e. The topological polar surface area (TPSA) is 65.2 Å². The molecular formula is C23H29N3O2. The molecule has 2 N–H and O–H groups in total. The lowest BCUT2D eigenvalue weighted by molar-refractivity contribution is -0.119. The van der Waals surface area contributed by atoms with Crippen LogP contribution in [-0.2, 0) is 10.2 Å². The van der Waals surface area contributed by atoms with Gasteiger partial charge >= 0.3 is 0 Å². The van der Waals surface area contributed by atoms with Crippen LogP contribution < -0.4 is 15.8 Å². The first-order valence-electron chi connectivity index (χ1n) is 9.68. The Morgan fingerprint density at radius 1 is 1.07 bits per heavy atom. The van der Waals surface area contributed by atoms with Crippen LogP contribution in [0.15, 0.2) is 47.3 Å². The van der Waals surface area contributed by atoms with Crippen LogP contribution in [-0.4, -0.2) is 31.0 Å². The number of aromatic amines is 1. The molecule has 0 saturated carbocycles. The molecule has 28 heavy (non-hydrogen) atoms. The van der Waals surface area contributed by atoms with E-state index in [1.807, 2.05) is 26.2 Å². The van der Waals surface area contributed by atoms with Gasteiger partial charge in [-0.15, -0.1) is 0 Å². The second kappa shape index (κ2) is 7.66. The van der Waals surface area contributed by atoms with Gasteiger partial charge in [0.15, 0.2) is 0 Å². The summed E-state index contributed by atoms with van der Waals surface area (Å²) < 4.78 is 0. The van der Waals surface area contributed by atoms with Crippen LogP contribution in [0, 0.1) is 0 Å². The Labute approximate surface area is 166 Å².